The van der Waals surface area contributed by atoms with Crippen LogP contribution in [0.15, 0.2) is 28.8 Å². The Labute approximate surface area is 170 Å². The van der Waals surface area contributed by atoms with Crippen LogP contribution >= 0.6 is 24.0 Å². The summed E-state index contributed by atoms with van der Waals surface area (Å²) < 4.78 is 5.25. The van der Waals surface area contributed by atoms with Crippen molar-refractivity contribution in [2.75, 3.05) is 19.6 Å². The minimum Gasteiger partial charge on any atom is -0.356 e. The molecular weight excluding hydrogens is 387 g/mol. The van der Waals surface area contributed by atoms with Crippen molar-refractivity contribution in [3.05, 3.63) is 35.2 Å². The second kappa shape index (κ2) is 10.6. The molecule has 2 N–H and O–H groups in total. The van der Waals surface area contributed by atoms with Gasteiger partial charge in [0.05, 0.1) is 0 Å². The highest BCUT2D eigenvalue weighted by molar-refractivity contribution is 6.30. The molecule has 2 heterocycles. The maximum atomic E-state index is 12.1. The minimum absolute atomic E-state index is 0. The number of carbonyl (C=O) groups excluding carboxylic acids is 1. The summed E-state index contributed by atoms with van der Waals surface area (Å²) in [7, 11) is 0. The number of halogens is 2. The van der Waals surface area contributed by atoms with Gasteiger partial charge >= 0.3 is 0 Å². The molecule has 3 rings (SSSR count). The number of amides is 1. The summed E-state index contributed by atoms with van der Waals surface area (Å²) in [6.07, 6.45) is 3.47. The Morgan fingerprint density at radius 1 is 1.48 bits per heavy atom. The fraction of sp³-hybridized carbons (Fsp3) is 0.526. The molecule has 1 saturated heterocycles. The highest BCUT2D eigenvalue weighted by atomic mass is 35.5. The largest absolute Gasteiger partial charge is 0.356 e. The molecule has 0 radical (unpaired) electrons. The van der Waals surface area contributed by atoms with E-state index in [0.717, 1.165) is 18.7 Å². The number of carbonyl (C=O) groups is 1. The third-order valence-electron chi connectivity index (χ3n) is 4.86. The first-order valence-electron chi connectivity index (χ1n) is 9.18. The average molecular weight is 413 g/mol. The van der Waals surface area contributed by atoms with Crippen LogP contribution in [0.5, 0.6) is 0 Å². The maximum Gasteiger partial charge on any atom is 0.228 e. The van der Waals surface area contributed by atoms with Crippen LogP contribution in [0.25, 0.3) is 11.4 Å². The molecule has 6 nitrogen and oxygen atoms in total. The Hall–Kier alpha value is -1.63. The maximum absolute atomic E-state index is 12.1. The molecule has 0 bridgehead atoms. The second-order valence-electron chi connectivity index (χ2n) is 6.91. The van der Waals surface area contributed by atoms with E-state index in [1.54, 1.807) is 12.1 Å². The van der Waals surface area contributed by atoms with Gasteiger partial charge < -0.3 is 15.2 Å². The lowest BCUT2D eigenvalue weighted by molar-refractivity contribution is -0.122. The van der Waals surface area contributed by atoms with Gasteiger partial charge in [-0.05, 0) is 49.9 Å². The molecule has 148 valence electrons. The predicted octanol–water partition coefficient (Wildman–Crippen LogP) is 3.50. The van der Waals surface area contributed by atoms with Crippen molar-refractivity contribution < 1.29 is 9.32 Å². The van der Waals surface area contributed by atoms with E-state index >= 15 is 0 Å². The quantitative estimate of drug-likeness (QED) is 0.727. The third-order valence-corrected chi connectivity index (χ3v) is 5.09. The van der Waals surface area contributed by atoms with Crippen molar-refractivity contribution in [3.63, 3.8) is 0 Å². The van der Waals surface area contributed by atoms with Gasteiger partial charge in [-0.3, -0.25) is 4.79 Å². The van der Waals surface area contributed by atoms with Crippen LogP contribution in [-0.2, 0) is 11.2 Å². The van der Waals surface area contributed by atoms with Crippen LogP contribution in [0.4, 0.5) is 0 Å². The van der Waals surface area contributed by atoms with Gasteiger partial charge in [-0.15, -0.1) is 12.4 Å². The Bertz CT molecular complexity index is 732. The van der Waals surface area contributed by atoms with E-state index in [4.69, 9.17) is 16.1 Å². The number of nitrogens with zero attached hydrogens (tertiary/aromatic N) is 2. The van der Waals surface area contributed by atoms with Crippen molar-refractivity contribution in [1.82, 2.24) is 20.8 Å². The summed E-state index contributed by atoms with van der Waals surface area (Å²) in [5.74, 6) is 2.07. The zero-order chi connectivity index (χ0) is 18.4. The second-order valence-corrected chi connectivity index (χ2v) is 7.35. The third kappa shape index (κ3) is 6.48. The normalized spacial score (nSPS) is 17.8. The fourth-order valence-electron chi connectivity index (χ4n) is 3.31. The first kappa shape index (κ1) is 21.7. The zero-order valence-electron chi connectivity index (χ0n) is 15.4. The van der Waals surface area contributed by atoms with Crippen molar-refractivity contribution in [2.24, 2.45) is 11.8 Å². The van der Waals surface area contributed by atoms with E-state index in [0.29, 0.717) is 48.0 Å². The lowest BCUT2D eigenvalue weighted by Gasteiger charge is -2.27. The summed E-state index contributed by atoms with van der Waals surface area (Å²) in [5.41, 5.74) is 0.812. The molecule has 0 spiro atoms. The molecule has 1 aromatic heterocycles. The van der Waals surface area contributed by atoms with Gasteiger partial charge in [0.25, 0.3) is 0 Å². The van der Waals surface area contributed by atoms with Crippen LogP contribution in [0.1, 0.15) is 32.1 Å². The molecule has 0 aliphatic carbocycles. The first-order chi connectivity index (χ1) is 12.6. The molecule has 2 atom stereocenters. The molecule has 27 heavy (non-hydrogen) atoms. The molecule has 1 fully saturated rings. The van der Waals surface area contributed by atoms with Crippen molar-refractivity contribution >= 4 is 29.9 Å². The van der Waals surface area contributed by atoms with Gasteiger partial charge in [0.15, 0.2) is 0 Å². The molecule has 0 saturated carbocycles. The van der Waals surface area contributed by atoms with Crippen LogP contribution in [0.2, 0.25) is 5.02 Å². The van der Waals surface area contributed by atoms with E-state index < -0.39 is 0 Å². The molecule has 1 aliphatic rings. The van der Waals surface area contributed by atoms with Crippen LogP contribution in [0, 0.1) is 11.8 Å². The smallest absolute Gasteiger partial charge is 0.228 e. The predicted molar refractivity (Wildman–Crippen MR) is 108 cm³/mol. The Morgan fingerprint density at radius 2 is 2.33 bits per heavy atom. The molecule has 1 aliphatic heterocycles. The molecule has 1 amide bonds. The SMILES string of the molecule is CC(CC(=O)NCCc1nc(-c2cccc(Cl)c2)no1)C1CCCNC1.Cl. The molecule has 2 aromatic rings. The number of benzene rings is 1. The van der Waals surface area contributed by atoms with Crippen LogP contribution in [-0.4, -0.2) is 35.7 Å². The van der Waals surface area contributed by atoms with Crippen LogP contribution in [0.3, 0.4) is 0 Å². The zero-order valence-corrected chi connectivity index (χ0v) is 17.0. The summed E-state index contributed by atoms with van der Waals surface area (Å²) >= 11 is 5.98. The standard InChI is InChI=1S/C19H25ClN4O2.ClH/c1-13(15-5-3-8-21-12-15)10-17(25)22-9-7-18-23-19(24-26-18)14-4-2-6-16(20)11-14;/h2,4,6,11,13,15,21H,3,5,7-10,12H2,1H3,(H,22,25);1H. The van der Waals surface area contributed by atoms with Crippen molar-refractivity contribution in [3.8, 4) is 11.4 Å². The van der Waals surface area contributed by atoms with Gasteiger partial charge in [0, 0.05) is 30.0 Å². The molecule has 1 aromatic carbocycles. The number of hydrogen-bond acceptors (Lipinski definition) is 5. The van der Waals surface area contributed by atoms with E-state index in [1.165, 1.54) is 12.8 Å². The number of hydrogen-bond donors (Lipinski definition) is 2. The van der Waals surface area contributed by atoms with Crippen molar-refractivity contribution in [2.45, 2.75) is 32.6 Å². The van der Waals surface area contributed by atoms with E-state index in [1.807, 2.05) is 12.1 Å². The van der Waals surface area contributed by atoms with Gasteiger partial charge in [-0.25, -0.2) is 0 Å². The van der Waals surface area contributed by atoms with Gasteiger partial charge in [0.2, 0.25) is 17.6 Å². The number of rotatable bonds is 7. The number of aromatic nitrogens is 2. The minimum atomic E-state index is 0. The van der Waals surface area contributed by atoms with E-state index in [-0.39, 0.29) is 18.3 Å². The van der Waals surface area contributed by atoms with E-state index in [2.05, 4.69) is 27.7 Å². The summed E-state index contributed by atoms with van der Waals surface area (Å²) in [5, 5.41) is 11.0. The van der Waals surface area contributed by atoms with Gasteiger partial charge in [-0.2, -0.15) is 4.98 Å². The first-order valence-corrected chi connectivity index (χ1v) is 9.55. The van der Waals surface area contributed by atoms with Crippen LogP contribution < -0.4 is 10.6 Å². The number of piperidine rings is 1. The monoisotopic (exact) mass is 412 g/mol. The topological polar surface area (TPSA) is 80.1 Å². The summed E-state index contributed by atoms with van der Waals surface area (Å²) in [6.45, 7) is 4.76. The molecular formula is C19H26Cl2N4O2. The van der Waals surface area contributed by atoms with E-state index in [9.17, 15) is 4.79 Å². The van der Waals surface area contributed by atoms with Crippen molar-refractivity contribution in [1.29, 1.82) is 0 Å². The Morgan fingerprint density at radius 3 is 3.07 bits per heavy atom. The highest BCUT2D eigenvalue weighted by Crippen LogP contribution is 2.22. The van der Waals surface area contributed by atoms with Gasteiger partial charge in [-0.1, -0.05) is 35.8 Å². The molecule has 8 heteroatoms. The Kier molecular flexibility index (Phi) is 8.54. The molecule has 2 unspecified atom stereocenters. The average Bonchev–Trinajstić information content (AvgIpc) is 3.11. The van der Waals surface area contributed by atoms with Gasteiger partial charge in [0.1, 0.15) is 0 Å². The fourth-order valence-corrected chi connectivity index (χ4v) is 3.50. The lowest BCUT2D eigenvalue weighted by atomic mass is 9.85. The number of nitrogens with one attached hydrogen (secondary N) is 2. The summed E-state index contributed by atoms with van der Waals surface area (Å²) in [4.78, 5) is 16.5. The highest BCUT2D eigenvalue weighted by Gasteiger charge is 2.21. The Balaban J connectivity index is 0.00000261. The lowest BCUT2D eigenvalue weighted by Crippen LogP contribution is -2.36. The summed E-state index contributed by atoms with van der Waals surface area (Å²) in [6, 6.07) is 7.31.